The molecule has 1 aliphatic heterocycles. The van der Waals surface area contributed by atoms with Gasteiger partial charge in [0.2, 0.25) is 11.9 Å². The van der Waals surface area contributed by atoms with Gasteiger partial charge in [-0.25, -0.2) is 4.68 Å². The van der Waals surface area contributed by atoms with Crippen molar-refractivity contribution in [2.75, 3.05) is 31.5 Å². The van der Waals surface area contributed by atoms with Crippen LogP contribution in [-0.4, -0.2) is 41.0 Å². The molecule has 0 spiro atoms. The molecular weight excluding hydrogens is 438 g/mol. The minimum absolute atomic E-state index is 0.00916. The second-order valence-electron chi connectivity index (χ2n) is 8.07. The van der Waals surface area contributed by atoms with Crippen molar-refractivity contribution < 1.29 is 14.3 Å². The highest BCUT2D eigenvalue weighted by Crippen LogP contribution is 2.45. The van der Waals surface area contributed by atoms with Crippen LogP contribution in [0.15, 0.2) is 58.6 Å². The predicted molar refractivity (Wildman–Crippen MR) is 128 cm³/mol. The summed E-state index contributed by atoms with van der Waals surface area (Å²) >= 11 is 1.68. The zero-order chi connectivity index (χ0) is 23.1. The number of nitrogen functional groups attached to an aromatic ring is 1. The number of hydrogen-bond donors (Lipinski definition) is 2. The molecule has 1 aliphatic carbocycles. The third-order valence-electron chi connectivity index (χ3n) is 6.25. The number of hydrogen-bond acceptors (Lipinski definition) is 8. The first kappa shape index (κ1) is 21.4. The molecule has 33 heavy (non-hydrogen) atoms. The molecule has 2 aliphatic rings. The van der Waals surface area contributed by atoms with Gasteiger partial charge in [0.25, 0.3) is 0 Å². The number of carbonyl (C=O) groups is 1. The summed E-state index contributed by atoms with van der Waals surface area (Å²) in [5.41, 5.74) is 9.53. The highest BCUT2D eigenvalue weighted by Gasteiger charge is 2.39. The van der Waals surface area contributed by atoms with Gasteiger partial charge in [0.05, 0.1) is 14.2 Å². The molecule has 170 valence electrons. The SMILES string of the molecule is COc1ccc([C@@H]2CC(=O)C3=C(C2)Nc2nc(N)nn2[C@@H]3c2ccc(SC)cc2)cc1OC. The Kier molecular flexibility index (Phi) is 5.49. The van der Waals surface area contributed by atoms with Crippen LogP contribution in [0.25, 0.3) is 0 Å². The largest absolute Gasteiger partial charge is 0.493 e. The third-order valence-corrected chi connectivity index (χ3v) is 6.99. The van der Waals surface area contributed by atoms with Gasteiger partial charge in [-0.2, -0.15) is 4.98 Å². The van der Waals surface area contributed by atoms with Crippen LogP contribution in [0.4, 0.5) is 11.9 Å². The Bertz CT molecular complexity index is 1250. The standard InChI is InChI=1S/C24H25N5O3S/c1-31-19-9-6-14(12-20(19)32-2)15-10-17-21(18(30)11-15)22(13-4-7-16(33-3)8-5-13)29-24(26-17)27-23(25)28-29/h4-9,12,15,22H,10-11H2,1-3H3,(H3,25,26,27,28)/t15-,22+/m0/s1. The number of methoxy groups -OCH3 is 2. The van der Waals surface area contributed by atoms with Crippen molar-refractivity contribution in [3.63, 3.8) is 0 Å². The maximum absolute atomic E-state index is 13.6. The van der Waals surface area contributed by atoms with Crippen molar-refractivity contribution in [1.82, 2.24) is 14.8 Å². The monoisotopic (exact) mass is 463 g/mol. The number of benzene rings is 2. The number of fused-ring (bicyclic) bond motifs is 1. The summed E-state index contributed by atoms with van der Waals surface area (Å²) in [4.78, 5) is 19.1. The van der Waals surface area contributed by atoms with Gasteiger partial charge in [0.15, 0.2) is 17.3 Å². The Balaban J connectivity index is 1.56. The number of nitrogens with two attached hydrogens (primary N) is 1. The molecule has 0 saturated heterocycles. The normalized spacial score (nSPS) is 19.5. The van der Waals surface area contributed by atoms with Gasteiger partial charge >= 0.3 is 0 Å². The highest BCUT2D eigenvalue weighted by molar-refractivity contribution is 7.98. The topological polar surface area (TPSA) is 104 Å². The van der Waals surface area contributed by atoms with Crippen LogP contribution in [0.1, 0.15) is 35.9 Å². The van der Waals surface area contributed by atoms with Gasteiger partial charge in [-0.15, -0.1) is 16.9 Å². The van der Waals surface area contributed by atoms with Gasteiger partial charge in [-0.3, -0.25) is 4.79 Å². The summed E-state index contributed by atoms with van der Waals surface area (Å²) in [6, 6.07) is 13.7. The van der Waals surface area contributed by atoms with E-state index in [2.05, 4.69) is 27.5 Å². The molecule has 2 atom stereocenters. The molecule has 2 heterocycles. The van der Waals surface area contributed by atoms with E-state index in [1.54, 1.807) is 30.7 Å². The zero-order valence-electron chi connectivity index (χ0n) is 18.7. The van der Waals surface area contributed by atoms with Crippen molar-refractivity contribution in [3.8, 4) is 11.5 Å². The highest BCUT2D eigenvalue weighted by atomic mass is 32.2. The first-order chi connectivity index (χ1) is 16.0. The number of carbonyl (C=O) groups excluding carboxylic acids is 1. The van der Waals surface area contributed by atoms with E-state index in [1.165, 1.54) is 0 Å². The summed E-state index contributed by atoms with van der Waals surface area (Å²) in [5, 5.41) is 7.73. The van der Waals surface area contributed by atoms with Gasteiger partial charge < -0.3 is 20.5 Å². The smallest absolute Gasteiger partial charge is 0.241 e. The summed E-state index contributed by atoms with van der Waals surface area (Å²) in [5.74, 6) is 2.13. The van der Waals surface area contributed by atoms with Gasteiger partial charge in [0, 0.05) is 22.6 Å². The van der Waals surface area contributed by atoms with Crippen molar-refractivity contribution in [2.45, 2.75) is 29.7 Å². The fraction of sp³-hybridized carbons (Fsp3) is 0.292. The van der Waals surface area contributed by atoms with Crippen molar-refractivity contribution in [2.24, 2.45) is 0 Å². The van der Waals surface area contributed by atoms with Crippen molar-refractivity contribution >= 4 is 29.4 Å². The lowest BCUT2D eigenvalue weighted by Gasteiger charge is -2.35. The van der Waals surface area contributed by atoms with E-state index in [9.17, 15) is 4.79 Å². The lowest BCUT2D eigenvalue weighted by atomic mass is 9.78. The number of ether oxygens (including phenoxy) is 2. The average Bonchev–Trinajstić information content (AvgIpc) is 3.21. The van der Waals surface area contributed by atoms with Crippen molar-refractivity contribution in [1.29, 1.82) is 0 Å². The molecule has 9 heteroatoms. The van der Waals surface area contributed by atoms with E-state index in [-0.39, 0.29) is 23.7 Å². The van der Waals surface area contributed by atoms with Crippen molar-refractivity contribution in [3.05, 3.63) is 64.9 Å². The fourth-order valence-corrected chi connectivity index (χ4v) is 5.07. The number of anilines is 2. The van der Waals surface area contributed by atoms with E-state index >= 15 is 0 Å². The van der Waals surface area contributed by atoms with Gasteiger partial charge in [-0.1, -0.05) is 18.2 Å². The maximum atomic E-state index is 13.6. The predicted octanol–water partition coefficient (Wildman–Crippen LogP) is 4.02. The molecule has 3 N–H and O–H groups in total. The summed E-state index contributed by atoms with van der Waals surface area (Å²) in [6.45, 7) is 0. The maximum Gasteiger partial charge on any atom is 0.241 e. The summed E-state index contributed by atoms with van der Waals surface area (Å²) in [7, 11) is 3.22. The van der Waals surface area contributed by atoms with E-state index in [4.69, 9.17) is 15.2 Å². The first-order valence-corrected chi connectivity index (χ1v) is 11.9. The number of thioether (sulfide) groups is 1. The van der Waals surface area contributed by atoms with Crippen LogP contribution in [0.3, 0.4) is 0 Å². The lowest BCUT2D eigenvalue weighted by molar-refractivity contribution is -0.116. The number of nitrogens with one attached hydrogen (secondary N) is 1. The molecule has 8 nitrogen and oxygen atoms in total. The van der Waals surface area contributed by atoms with E-state index in [0.29, 0.717) is 30.3 Å². The van der Waals surface area contributed by atoms with Crippen LogP contribution in [0, 0.1) is 0 Å². The molecule has 0 radical (unpaired) electrons. The summed E-state index contributed by atoms with van der Waals surface area (Å²) < 4.78 is 12.6. The number of rotatable bonds is 5. The number of aromatic nitrogens is 3. The molecule has 5 rings (SSSR count). The second-order valence-corrected chi connectivity index (χ2v) is 8.95. The first-order valence-electron chi connectivity index (χ1n) is 10.6. The van der Waals surface area contributed by atoms with Gasteiger partial charge in [-0.05, 0) is 54.0 Å². The number of Topliss-reactive ketones (excluding diaryl/α,β-unsaturated/α-hetero) is 1. The fourth-order valence-electron chi connectivity index (χ4n) is 4.67. The summed E-state index contributed by atoms with van der Waals surface area (Å²) in [6.07, 6.45) is 3.10. The van der Waals surface area contributed by atoms with Crippen LogP contribution in [-0.2, 0) is 4.79 Å². The van der Waals surface area contributed by atoms with Gasteiger partial charge in [0.1, 0.15) is 6.04 Å². The molecule has 3 aromatic rings. The number of nitrogens with zero attached hydrogens (tertiary/aromatic N) is 3. The zero-order valence-corrected chi connectivity index (χ0v) is 19.5. The minimum Gasteiger partial charge on any atom is -0.493 e. The molecule has 0 amide bonds. The quantitative estimate of drug-likeness (QED) is 0.547. The second kappa shape index (κ2) is 8.47. The molecular formula is C24H25N5O3S. The Labute approximate surface area is 196 Å². The minimum atomic E-state index is -0.365. The van der Waals surface area contributed by atoms with Crippen LogP contribution >= 0.6 is 11.8 Å². The Morgan fingerprint density at radius 3 is 2.48 bits per heavy atom. The molecule has 0 unspecified atom stereocenters. The lowest BCUT2D eigenvalue weighted by Crippen LogP contribution is -2.33. The molecule has 2 aromatic carbocycles. The molecule has 1 aromatic heterocycles. The molecule has 0 fully saturated rings. The Hall–Kier alpha value is -3.46. The van der Waals surface area contributed by atoms with Crippen LogP contribution in [0.2, 0.25) is 0 Å². The molecule has 0 bridgehead atoms. The number of allylic oxidation sites excluding steroid dienone is 2. The van der Waals surface area contributed by atoms with Crippen LogP contribution in [0.5, 0.6) is 11.5 Å². The van der Waals surface area contributed by atoms with E-state index in [1.807, 2.05) is 36.6 Å². The number of ketones is 1. The van der Waals surface area contributed by atoms with E-state index in [0.717, 1.165) is 27.3 Å². The Morgan fingerprint density at radius 2 is 1.79 bits per heavy atom. The van der Waals surface area contributed by atoms with E-state index < -0.39 is 0 Å². The molecule has 0 saturated carbocycles. The third kappa shape index (κ3) is 3.72. The Morgan fingerprint density at radius 1 is 1.06 bits per heavy atom. The average molecular weight is 464 g/mol. The van der Waals surface area contributed by atoms with Crippen LogP contribution < -0.4 is 20.5 Å².